The SMILES string of the molecule is Cc1cc(N2CCC3(CCCC3)CC2)cc(C)c1NC(=O)CC1(C(F)(F)F)CC1. The van der Waals surface area contributed by atoms with Crippen LogP contribution in [0.1, 0.15) is 68.9 Å². The van der Waals surface area contributed by atoms with E-state index < -0.39 is 23.9 Å². The number of carbonyl (C=O) groups excluding carboxylic acids is 1. The molecule has 6 heteroatoms. The summed E-state index contributed by atoms with van der Waals surface area (Å²) < 4.78 is 39.4. The third-order valence-electron chi connectivity index (χ3n) is 7.59. The molecule has 1 amide bonds. The van der Waals surface area contributed by atoms with Crippen molar-refractivity contribution in [3.8, 4) is 0 Å². The Balaban J connectivity index is 1.42. The molecule has 1 aliphatic heterocycles. The van der Waals surface area contributed by atoms with Gasteiger partial charge < -0.3 is 10.2 Å². The fourth-order valence-corrected chi connectivity index (χ4v) is 5.39. The van der Waals surface area contributed by atoms with Gasteiger partial charge in [-0.3, -0.25) is 4.79 Å². The number of amides is 1. The molecule has 2 aliphatic carbocycles. The topological polar surface area (TPSA) is 32.3 Å². The van der Waals surface area contributed by atoms with Gasteiger partial charge in [-0.1, -0.05) is 12.8 Å². The minimum absolute atomic E-state index is 0.0529. The number of rotatable bonds is 4. The third kappa shape index (κ3) is 3.99. The second kappa shape index (κ2) is 7.21. The van der Waals surface area contributed by atoms with Crippen molar-refractivity contribution in [2.24, 2.45) is 10.8 Å². The van der Waals surface area contributed by atoms with Crippen LogP contribution in [0.2, 0.25) is 0 Å². The lowest BCUT2D eigenvalue weighted by Gasteiger charge is -2.40. The maximum absolute atomic E-state index is 13.1. The van der Waals surface area contributed by atoms with Gasteiger partial charge in [-0.25, -0.2) is 0 Å². The molecule has 1 aromatic carbocycles. The Morgan fingerprint density at radius 2 is 1.55 bits per heavy atom. The van der Waals surface area contributed by atoms with Crippen LogP contribution >= 0.6 is 0 Å². The first kappa shape index (κ1) is 20.5. The molecule has 1 heterocycles. The number of nitrogens with one attached hydrogen (secondary N) is 1. The summed E-state index contributed by atoms with van der Waals surface area (Å²) in [6, 6.07) is 4.12. The fraction of sp³-hybridized carbons (Fsp3) is 0.696. The van der Waals surface area contributed by atoms with Crippen molar-refractivity contribution in [3.05, 3.63) is 23.3 Å². The Hall–Kier alpha value is -1.72. The zero-order chi connectivity index (χ0) is 20.9. The van der Waals surface area contributed by atoms with Gasteiger partial charge in [-0.15, -0.1) is 0 Å². The summed E-state index contributed by atoms with van der Waals surface area (Å²) >= 11 is 0. The van der Waals surface area contributed by atoms with E-state index in [1.54, 1.807) is 0 Å². The first-order valence-corrected chi connectivity index (χ1v) is 10.9. The molecule has 29 heavy (non-hydrogen) atoms. The van der Waals surface area contributed by atoms with Gasteiger partial charge in [0.2, 0.25) is 5.91 Å². The maximum Gasteiger partial charge on any atom is 0.395 e. The van der Waals surface area contributed by atoms with Crippen molar-refractivity contribution >= 4 is 17.3 Å². The summed E-state index contributed by atoms with van der Waals surface area (Å²) in [7, 11) is 0. The average molecular weight is 409 g/mol. The molecule has 0 atom stereocenters. The second-order valence-corrected chi connectivity index (χ2v) is 9.65. The normalized spacial score (nSPS) is 22.7. The number of halogens is 3. The highest BCUT2D eigenvalue weighted by Gasteiger charge is 2.63. The van der Waals surface area contributed by atoms with Crippen LogP contribution in [0, 0.1) is 24.7 Å². The lowest BCUT2D eigenvalue weighted by Crippen LogP contribution is -2.38. The van der Waals surface area contributed by atoms with Gasteiger partial charge in [0.25, 0.3) is 0 Å². The standard InChI is InChI=1S/C23H31F3N2O/c1-16-13-18(28-11-9-21(10-12-28)5-3-4-6-21)14-17(2)20(16)27-19(29)15-22(7-8-22)23(24,25)26/h13-14H,3-12,15H2,1-2H3,(H,27,29). The molecule has 0 aromatic heterocycles. The van der Waals surface area contributed by atoms with E-state index in [4.69, 9.17) is 0 Å². The van der Waals surface area contributed by atoms with Gasteiger partial charge in [0.05, 0.1) is 5.41 Å². The largest absolute Gasteiger partial charge is 0.395 e. The Bertz CT molecular complexity index is 759. The van der Waals surface area contributed by atoms with Crippen molar-refractivity contribution in [1.29, 1.82) is 0 Å². The highest BCUT2D eigenvalue weighted by molar-refractivity contribution is 5.93. The van der Waals surface area contributed by atoms with Crippen molar-refractivity contribution in [3.63, 3.8) is 0 Å². The van der Waals surface area contributed by atoms with Gasteiger partial charge >= 0.3 is 6.18 Å². The average Bonchev–Trinajstić information content (AvgIpc) is 3.31. The predicted molar refractivity (Wildman–Crippen MR) is 109 cm³/mol. The number of piperidine rings is 1. The molecule has 3 fully saturated rings. The third-order valence-corrected chi connectivity index (χ3v) is 7.59. The van der Waals surface area contributed by atoms with Gasteiger partial charge in [-0.05, 0) is 81.0 Å². The van der Waals surface area contributed by atoms with Gasteiger partial charge in [0.15, 0.2) is 0 Å². The molecule has 0 bridgehead atoms. The quantitative estimate of drug-likeness (QED) is 0.649. The molecule has 2 saturated carbocycles. The molecule has 1 saturated heterocycles. The summed E-state index contributed by atoms with van der Waals surface area (Å²) in [6.45, 7) is 5.95. The summed E-state index contributed by atoms with van der Waals surface area (Å²) in [5, 5.41) is 2.76. The van der Waals surface area contributed by atoms with E-state index in [1.807, 2.05) is 13.8 Å². The lowest BCUT2D eigenvalue weighted by molar-refractivity contribution is -0.189. The van der Waals surface area contributed by atoms with Crippen LogP contribution in [0.5, 0.6) is 0 Å². The van der Waals surface area contributed by atoms with Crippen molar-refractivity contribution in [1.82, 2.24) is 0 Å². The van der Waals surface area contributed by atoms with Crippen LogP contribution in [0.3, 0.4) is 0 Å². The number of benzene rings is 1. The first-order chi connectivity index (χ1) is 13.6. The number of anilines is 2. The number of alkyl halides is 3. The molecule has 0 unspecified atom stereocenters. The minimum Gasteiger partial charge on any atom is -0.371 e. The molecule has 160 valence electrons. The molecule has 1 spiro atoms. The number of nitrogens with zero attached hydrogens (tertiary/aromatic N) is 1. The van der Waals surface area contributed by atoms with Crippen LogP contribution in [0.15, 0.2) is 12.1 Å². The first-order valence-electron chi connectivity index (χ1n) is 10.9. The second-order valence-electron chi connectivity index (χ2n) is 9.65. The van der Waals surface area contributed by atoms with E-state index in [-0.39, 0.29) is 12.8 Å². The molecule has 0 radical (unpaired) electrons. The highest BCUT2D eigenvalue weighted by Crippen LogP contribution is 2.60. The fourth-order valence-electron chi connectivity index (χ4n) is 5.39. The lowest BCUT2D eigenvalue weighted by atomic mass is 9.77. The van der Waals surface area contributed by atoms with Gasteiger partial charge in [0, 0.05) is 30.9 Å². The van der Waals surface area contributed by atoms with E-state index in [0.717, 1.165) is 29.9 Å². The molecule has 3 aliphatic rings. The van der Waals surface area contributed by atoms with E-state index >= 15 is 0 Å². The molecule has 1 N–H and O–H groups in total. The van der Waals surface area contributed by atoms with Crippen molar-refractivity contribution in [2.45, 2.75) is 77.8 Å². The van der Waals surface area contributed by atoms with Crippen molar-refractivity contribution in [2.75, 3.05) is 23.3 Å². The van der Waals surface area contributed by atoms with Crippen LogP contribution in [0.4, 0.5) is 24.5 Å². The molecule has 3 nitrogen and oxygen atoms in total. The smallest absolute Gasteiger partial charge is 0.371 e. The van der Waals surface area contributed by atoms with Gasteiger partial charge in [-0.2, -0.15) is 13.2 Å². The zero-order valence-corrected chi connectivity index (χ0v) is 17.4. The monoisotopic (exact) mass is 408 g/mol. The molecular weight excluding hydrogens is 377 g/mol. The Labute approximate surface area is 171 Å². The number of hydrogen-bond donors (Lipinski definition) is 1. The van der Waals surface area contributed by atoms with E-state index in [9.17, 15) is 18.0 Å². The van der Waals surface area contributed by atoms with Crippen molar-refractivity contribution < 1.29 is 18.0 Å². The van der Waals surface area contributed by atoms with E-state index in [0.29, 0.717) is 11.1 Å². The Kier molecular flexibility index (Phi) is 5.11. The minimum atomic E-state index is -4.30. The Morgan fingerprint density at radius 3 is 2.03 bits per heavy atom. The van der Waals surface area contributed by atoms with E-state index in [1.165, 1.54) is 38.5 Å². The van der Waals surface area contributed by atoms with Gasteiger partial charge in [0.1, 0.15) is 0 Å². The summed E-state index contributed by atoms with van der Waals surface area (Å²) in [5.41, 5.74) is 2.38. The Morgan fingerprint density at radius 1 is 1.00 bits per heavy atom. The predicted octanol–water partition coefficient (Wildman–Crippen LogP) is 6.14. The summed E-state index contributed by atoms with van der Waals surface area (Å²) in [6.07, 6.45) is 3.26. The summed E-state index contributed by atoms with van der Waals surface area (Å²) in [5.74, 6) is -0.542. The summed E-state index contributed by atoms with van der Waals surface area (Å²) in [4.78, 5) is 14.7. The number of carbonyl (C=O) groups is 1. The van der Waals surface area contributed by atoms with Crippen LogP contribution in [-0.2, 0) is 4.79 Å². The molecule has 1 aromatic rings. The van der Waals surface area contributed by atoms with Crippen LogP contribution < -0.4 is 10.2 Å². The number of hydrogen-bond acceptors (Lipinski definition) is 2. The molecule has 4 rings (SSSR count). The maximum atomic E-state index is 13.1. The van der Waals surface area contributed by atoms with E-state index in [2.05, 4.69) is 22.3 Å². The zero-order valence-electron chi connectivity index (χ0n) is 17.4. The molecular formula is C23H31F3N2O. The number of aryl methyl sites for hydroxylation is 2. The van der Waals surface area contributed by atoms with Crippen LogP contribution in [0.25, 0.3) is 0 Å². The highest BCUT2D eigenvalue weighted by atomic mass is 19.4. The van der Waals surface area contributed by atoms with Crippen LogP contribution in [-0.4, -0.2) is 25.2 Å².